The molecule has 0 spiro atoms. The topological polar surface area (TPSA) is 67.6 Å². The van der Waals surface area contributed by atoms with Gasteiger partial charge in [0, 0.05) is 19.2 Å². The van der Waals surface area contributed by atoms with E-state index < -0.39 is 0 Å². The summed E-state index contributed by atoms with van der Waals surface area (Å²) in [6.07, 6.45) is 4.15. The van der Waals surface area contributed by atoms with Crippen LogP contribution in [0, 0.1) is 12.8 Å². The molecule has 2 fully saturated rings. The van der Waals surface area contributed by atoms with Crippen molar-refractivity contribution in [1.82, 2.24) is 10.1 Å². The largest absolute Gasteiger partial charge is 0.375 e. The van der Waals surface area contributed by atoms with Crippen LogP contribution in [0.15, 0.2) is 10.6 Å². The van der Waals surface area contributed by atoms with E-state index in [1.54, 1.807) is 6.07 Å². The number of nitrogens with one attached hydrogen (secondary N) is 1. The molecule has 0 radical (unpaired) electrons. The summed E-state index contributed by atoms with van der Waals surface area (Å²) in [4.78, 5) is 14.1. The van der Waals surface area contributed by atoms with E-state index in [0.717, 1.165) is 25.4 Å². The number of aryl methyl sites for hydroxylation is 1. The van der Waals surface area contributed by atoms with Gasteiger partial charge < -0.3 is 9.26 Å². The van der Waals surface area contributed by atoms with Crippen molar-refractivity contribution in [3.05, 3.63) is 11.8 Å². The van der Waals surface area contributed by atoms with Crippen LogP contribution >= 0.6 is 0 Å². The minimum absolute atomic E-state index is 0.0598. The van der Waals surface area contributed by atoms with Crippen LogP contribution in [0.2, 0.25) is 0 Å². The molecule has 2 aliphatic rings. The van der Waals surface area contributed by atoms with Crippen molar-refractivity contribution in [2.75, 3.05) is 31.6 Å². The molecule has 110 valence electrons. The van der Waals surface area contributed by atoms with Gasteiger partial charge in [0.25, 0.3) is 0 Å². The number of carbonyl (C=O) groups excluding carboxylic acids is 1. The van der Waals surface area contributed by atoms with Gasteiger partial charge in [-0.2, -0.15) is 0 Å². The van der Waals surface area contributed by atoms with Crippen LogP contribution in [-0.2, 0) is 9.53 Å². The Hall–Kier alpha value is -1.40. The van der Waals surface area contributed by atoms with Crippen molar-refractivity contribution in [3.8, 4) is 0 Å². The molecule has 1 atom stereocenters. The zero-order valence-corrected chi connectivity index (χ0v) is 11.8. The van der Waals surface area contributed by atoms with Gasteiger partial charge in [-0.25, -0.2) is 0 Å². The predicted octanol–water partition coefficient (Wildman–Crippen LogP) is 1.42. The normalized spacial score (nSPS) is 24.4. The van der Waals surface area contributed by atoms with Crippen LogP contribution in [0.3, 0.4) is 0 Å². The van der Waals surface area contributed by atoms with Crippen molar-refractivity contribution in [1.29, 1.82) is 0 Å². The van der Waals surface area contributed by atoms with Gasteiger partial charge >= 0.3 is 0 Å². The van der Waals surface area contributed by atoms with Gasteiger partial charge in [0.2, 0.25) is 11.8 Å². The second-order valence-electron chi connectivity index (χ2n) is 5.72. The van der Waals surface area contributed by atoms with Crippen molar-refractivity contribution >= 4 is 11.8 Å². The Bertz CT molecular complexity index is 470. The van der Waals surface area contributed by atoms with E-state index in [-0.39, 0.29) is 5.91 Å². The van der Waals surface area contributed by atoms with E-state index in [4.69, 9.17) is 9.26 Å². The summed E-state index contributed by atoms with van der Waals surface area (Å²) >= 11 is 0. The first-order valence-electron chi connectivity index (χ1n) is 7.28. The highest BCUT2D eigenvalue weighted by Gasteiger charge is 2.32. The van der Waals surface area contributed by atoms with Crippen molar-refractivity contribution in [2.24, 2.45) is 5.92 Å². The Labute approximate surface area is 118 Å². The minimum atomic E-state index is -0.0598. The molecule has 20 heavy (non-hydrogen) atoms. The maximum Gasteiger partial charge on any atom is 0.240 e. The van der Waals surface area contributed by atoms with Gasteiger partial charge in [-0.05, 0) is 25.7 Å². The fourth-order valence-corrected chi connectivity index (χ4v) is 2.77. The number of morpholine rings is 1. The third kappa shape index (κ3) is 3.19. The molecule has 1 amide bonds. The highest BCUT2D eigenvalue weighted by molar-refractivity contribution is 5.90. The molecule has 0 aromatic carbocycles. The zero-order chi connectivity index (χ0) is 13.9. The first-order chi connectivity index (χ1) is 9.70. The highest BCUT2D eigenvalue weighted by Crippen LogP contribution is 2.32. The van der Waals surface area contributed by atoms with Crippen LogP contribution in [0.25, 0.3) is 0 Å². The Morgan fingerprint density at radius 1 is 1.55 bits per heavy atom. The molecule has 1 saturated heterocycles. The summed E-state index contributed by atoms with van der Waals surface area (Å²) in [7, 11) is 0. The van der Waals surface area contributed by atoms with Gasteiger partial charge in [-0.15, -0.1) is 0 Å². The number of nitrogens with zero attached hydrogens (tertiary/aromatic N) is 2. The lowest BCUT2D eigenvalue weighted by atomic mass is 9.80. The number of hydrogen-bond acceptors (Lipinski definition) is 5. The van der Waals surface area contributed by atoms with Crippen LogP contribution in [0.1, 0.15) is 25.0 Å². The predicted molar refractivity (Wildman–Crippen MR) is 73.4 cm³/mol. The minimum Gasteiger partial charge on any atom is -0.375 e. The quantitative estimate of drug-likeness (QED) is 0.903. The molecule has 1 unspecified atom stereocenters. The van der Waals surface area contributed by atoms with Gasteiger partial charge in [-0.3, -0.25) is 15.0 Å². The van der Waals surface area contributed by atoms with E-state index in [1.165, 1.54) is 19.3 Å². The maximum atomic E-state index is 12.0. The monoisotopic (exact) mass is 279 g/mol. The van der Waals surface area contributed by atoms with Crippen LogP contribution in [0.5, 0.6) is 0 Å². The Kier molecular flexibility index (Phi) is 4.03. The number of carbonyl (C=O) groups is 1. The maximum absolute atomic E-state index is 12.0. The zero-order valence-electron chi connectivity index (χ0n) is 11.8. The number of hydrogen-bond donors (Lipinski definition) is 1. The first-order valence-corrected chi connectivity index (χ1v) is 7.28. The SMILES string of the molecule is Cc1cc(NC(=O)CN2CCOC(C3CCC3)C2)on1. The van der Waals surface area contributed by atoms with Gasteiger partial charge in [0.1, 0.15) is 0 Å². The molecule has 1 aromatic heterocycles. The Morgan fingerprint density at radius 2 is 2.40 bits per heavy atom. The molecule has 1 aliphatic carbocycles. The molecule has 1 aliphatic heterocycles. The van der Waals surface area contributed by atoms with Crippen LogP contribution in [0.4, 0.5) is 5.88 Å². The smallest absolute Gasteiger partial charge is 0.240 e. The van der Waals surface area contributed by atoms with Crippen LogP contribution in [-0.4, -0.2) is 48.3 Å². The number of anilines is 1. The molecule has 1 N–H and O–H groups in total. The first kappa shape index (κ1) is 13.6. The molecule has 3 rings (SSSR count). The lowest BCUT2D eigenvalue weighted by molar-refractivity contribution is -0.121. The third-order valence-corrected chi connectivity index (χ3v) is 4.11. The molecule has 1 aromatic rings. The summed E-state index contributed by atoms with van der Waals surface area (Å²) in [6, 6.07) is 1.72. The molecule has 6 heteroatoms. The van der Waals surface area contributed by atoms with E-state index in [0.29, 0.717) is 24.5 Å². The standard InChI is InChI=1S/C14H21N3O3/c1-10-7-14(20-16-10)15-13(18)9-17-5-6-19-12(8-17)11-3-2-4-11/h7,11-12H,2-6,8-9H2,1H3,(H,15,18). The fourth-order valence-electron chi connectivity index (χ4n) is 2.77. The summed E-state index contributed by atoms with van der Waals surface area (Å²) in [5, 5.41) is 6.48. The lowest BCUT2D eigenvalue weighted by Crippen LogP contribution is -2.49. The lowest BCUT2D eigenvalue weighted by Gasteiger charge is -2.40. The molecule has 6 nitrogen and oxygen atoms in total. The summed E-state index contributed by atoms with van der Waals surface area (Å²) in [6.45, 7) is 4.59. The third-order valence-electron chi connectivity index (χ3n) is 4.11. The molecule has 0 bridgehead atoms. The van der Waals surface area contributed by atoms with Gasteiger partial charge in [0.05, 0.1) is 24.9 Å². The van der Waals surface area contributed by atoms with E-state index >= 15 is 0 Å². The second-order valence-corrected chi connectivity index (χ2v) is 5.72. The summed E-state index contributed by atoms with van der Waals surface area (Å²) in [5.74, 6) is 1.05. The second kappa shape index (κ2) is 5.93. The number of rotatable bonds is 4. The van der Waals surface area contributed by atoms with Crippen molar-refractivity contribution in [2.45, 2.75) is 32.3 Å². The van der Waals surface area contributed by atoms with Crippen molar-refractivity contribution in [3.63, 3.8) is 0 Å². The molecular weight excluding hydrogens is 258 g/mol. The Morgan fingerprint density at radius 3 is 3.05 bits per heavy atom. The number of amides is 1. The average molecular weight is 279 g/mol. The van der Waals surface area contributed by atoms with Crippen molar-refractivity contribution < 1.29 is 14.1 Å². The van der Waals surface area contributed by atoms with Gasteiger partial charge in [0.15, 0.2) is 0 Å². The summed E-state index contributed by atoms with van der Waals surface area (Å²) < 4.78 is 10.8. The van der Waals surface area contributed by atoms with Crippen LogP contribution < -0.4 is 5.32 Å². The van der Waals surface area contributed by atoms with E-state index in [2.05, 4.69) is 15.4 Å². The number of ether oxygens (including phenoxy) is 1. The average Bonchev–Trinajstić information content (AvgIpc) is 2.72. The molecule has 2 heterocycles. The van der Waals surface area contributed by atoms with Gasteiger partial charge in [-0.1, -0.05) is 11.6 Å². The van der Waals surface area contributed by atoms with E-state index in [1.807, 2.05) is 6.92 Å². The Balaban J connectivity index is 1.47. The summed E-state index contributed by atoms with van der Waals surface area (Å²) in [5.41, 5.74) is 0.761. The molecular formula is C14H21N3O3. The molecule has 1 saturated carbocycles. The van der Waals surface area contributed by atoms with E-state index in [9.17, 15) is 4.79 Å². The fraction of sp³-hybridized carbons (Fsp3) is 0.714. The number of aromatic nitrogens is 1. The highest BCUT2D eigenvalue weighted by atomic mass is 16.5.